The Balaban J connectivity index is 1.70. The van der Waals surface area contributed by atoms with Crippen molar-refractivity contribution >= 4 is 19.9 Å². The molecule has 0 bridgehead atoms. The Bertz CT molecular complexity index is 512. The highest BCUT2D eigenvalue weighted by Gasteiger charge is 2.36. The summed E-state index contributed by atoms with van der Waals surface area (Å²) in [7, 11) is -6.65. The summed E-state index contributed by atoms with van der Waals surface area (Å²) in [6.45, 7) is 5.19. The molecule has 20 heavy (non-hydrogen) atoms. The van der Waals surface area contributed by atoms with Crippen molar-refractivity contribution in [1.29, 1.82) is 0 Å². The van der Waals surface area contributed by atoms with E-state index in [0.717, 1.165) is 39.1 Å². The van der Waals surface area contributed by atoms with E-state index in [9.17, 15) is 16.8 Å². The number of nitrogens with zero attached hydrogens (tertiary/aromatic N) is 1. The lowest BCUT2D eigenvalue weighted by molar-refractivity contribution is 0.239. The van der Waals surface area contributed by atoms with E-state index in [4.69, 9.17) is 0 Å². The normalized spacial score (nSPS) is 27.7. The summed E-state index contributed by atoms with van der Waals surface area (Å²) in [5, 5.41) is 2.49. The van der Waals surface area contributed by atoms with Crippen molar-refractivity contribution < 1.29 is 16.8 Å². The highest BCUT2D eigenvalue weighted by atomic mass is 32.2. The molecule has 0 spiro atoms. The minimum atomic E-state index is -3.49. The van der Waals surface area contributed by atoms with E-state index in [1.165, 1.54) is 0 Å². The number of piperazine rings is 1. The lowest BCUT2D eigenvalue weighted by atomic mass is 10.3. The first-order valence-electron chi connectivity index (χ1n) is 7.01. The molecule has 9 heteroatoms. The third kappa shape index (κ3) is 4.66. The van der Waals surface area contributed by atoms with Gasteiger partial charge in [-0.1, -0.05) is 0 Å². The van der Waals surface area contributed by atoms with Gasteiger partial charge in [-0.05, 0) is 19.4 Å². The topological polar surface area (TPSA) is 95.6 Å². The molecule has 2 rings (SSSR count). The Labute approximate surface area is 121 Å². The van der Waals surface area contributed by atoms with E-state index in [1.54, 1.807) is 0 Å². The maximum absolute atomic E-state index is 12.0. The van der Waals surface area contributed by atoms with Crippen LogP contribution < -0.4 is 10.0 Å². The maximum atomic E-state index is 12.0. The fourth-order valence-corrected chi connectivity index (χ4v) is 6.70. The second-order valence-corrected chi connectivity index (χ2v) is 9.68. The summed E-state index contributed by atoms with van der Waals surface area (Å²) in [5.41, 5.74) is 0. The van der Waals surface area contributed by atoms with E-state index >= 15 is 0 Å². The van der Waals surface area contributed by atoms with Gasteiger partial charge in [0.1, 0.15) is 0 Å². The van der Waals surface area contributed by atoms with Gasteiger partial charge in [-0.25, -0.2) is 21.6 Å². The summed E-state index contributed by atoms with van der Waals surface area (Å²) in [6.07, 6.45) is 0.966. The third-order valence-corrected chi connectivity index (χ3v) is 7.66. The van der Waals surface area contributed by atoms with Gasteiger partial charge in [-0.3, -0.25) is 0 Å². The van der Waals surface area contributed by atoms with Crippen molar-refractivity contribution in [2.24, 2.45) is 0 Å². The molecule has 0 aromatic carbocycles. The second kappa shape index (κ2) is 6.69. The van der Waals surface area contributed by atoms with Crippen molar-refractivity contribution in [3.8, 4) is 0 Å². The number of rotatable bonds is 6. The number of sulfonamides is 1. The first kappa shape index (κ1) is 16.2. The Morgan fingerprint density at radius 1 is 1.25 bits per heavy atom. The molecule has 0 aromatic heterocycles. The molecule has 1 unspecified atom stereocenters. The van der Waals surface area contributed by atoms with Crippen LogP contribution in [0.5, 0.6) is 0 Å². The smallest absolute Gasteiger partial charge is 0.215 e. The van der Waals surface area contributed by atoms with Crippen molar-refractivity contribution in [2.45, 2.75) is 18.1 Å². The monoisotopic (exact) mass is 325 g/mol. The molecule has 0 radical (unpaired) electrons. The first-order chi connectivity index (χ1) is 9.39. The van der Waals surface area contributed by atoms with Crippen LogP contribution in [0.15, 0.2) is 0 Å². The van der Waals surface area contributed by atoms with Crippen molar-refractivity contribution in [3.05, 3.63) is 0 Å². The van der Waals surface area contributed by atoms with Gasteiger partial charge in [0.05, 0.1) is 16.8 Å². The van der Waals surface area contributed by atoms with Crippen LogP contribution in [-0.2, 0) is 19.9 Å². The van der Waals surface area contributed by atoms with Gasteiger partial charge in [0.2, 0.25) is 10.0 Å². The summed E-state index contributed by atoms with van der Waals surface area (Å²) >= 11 is 0. The molecular formula is C11H23N3O4S2. The molecule has 1 atom stereocenters. The van der Waals surface area contributed by atoms with Crippen LogP contribution in [0.2, 0.25) is 0 Å². The lowest BCUT2D eigenvalue weighted by Crippen LogP contribution is -2.44. The van der Waals surface area contributed by atoms with Gasteiger partial charge in [-0.2, -0.15) is 0 Å². The third-order valence-electron chi connectivity index (χ3n) is 3.79. The number of hydrogen-bond acceptors (Lipinski definition) is 6. The molecule has 2 N–H and O–H groups in total. The van der Waals surface area contributed by atoms with Gasteiger partial charge in [0.25, 0.3) is 0 Å². The molecule has 2 aliphatic rings. The molecule has 0 amide bonds. The molecule has 2 heterocycles. The van der Waals surface area contributed by atoms with Crippen LogP contribution in [0.25, 0.3) is 0 Å². The van der Waals surface area contributed by atoms with E-state index in [1.807, 2.05) is 0 Å². The van der Waals surface area contributed by atoms with Crippen molar-refractivity contribution in [2.75, 3.05) is 50.8 Å². The SMILES string of the molecule is O=S1(=O)CCC(S(=O)(=O)NCCCN2CCNCC2)C1. The van der Waals surface area contributed by atoms with Gasteiger partial charge in [0.15, 0.2) is 9.84 Å². The molecular weight excluding hydrogens is 302 g/mol. The first-order valence-corrected chi connectivity index (χ1v) is 10.4. The predicted molar refractivity (Wildman–Crippen MR) is 77.9 cm³/mol. The minimum absolute atomic E-state index is 0.0145. The number of sulfone groups is 1. The number of nitrogens with one attached hydrogen (secondary N) is 2. The quantitative estimate of drug-likeness (QED) is 0.571. The van der Waals surface area contributed by atoms with Gasteiger partial charge >= 0.3 is 0 Å². The highest BCUT2D eigenvalue weighted by Crippen LogP contribution is 2.17. The van der Waals surface area contributed by atoms with Gasteiger partial charge in [-0.15, -0.1) is 0 Å². The van der Waals surface area contributed by atoms with Crippen molar-refractivity contribution in [1.82, 2.24) is 14.9 Å². The summed E-state index contributed by atoms with van der Waals surface area (Å²) < 4.78 is 49.1. The zero-order valence-electron chi connectivity index (χ0n) is 11.5. The average molecular weight is 325 g/mol. The molecule has 2 fully saturated rings. The molecule has 2 saturated heterocycles. The summed E-state index contributed by atoms with van der Waals surface area (Å²) in [6, 6.07) is 0. The largest absolute Gasteiger partial charge is 0.314 e. The lowest BCUT2D eigenvalue weighted by Gasteiger charge is -2.27. The molecule has 7 nitrogen and oxygen atoms in total. The second-order valence-electron chi connectivity index (χ2n) is 5.41. The van der Waals surface area contributed by atoms with E-state index in [-0.39, 0.29) is 17.9 Å². The Morgan fingerprint density at radius 2 is 1.95 bits per heavy atom. The molecule has 2 aliphatic heterocycles. The van der Waals surface area contributed by atoms with Crippen LogP contribution >= 0.6 is 0 Å². The zero-order valence-corrected chi connectivity index (χ0v) is 13.2. The standard InChI is InChI=1S/C11H23N3O4S2/c15-19(16)9-2-11(10-19)20(17,18)13-3-1-6-14-7-4-12-5-8-14/h11-13H,1-10H2. The van der Waals surface area contributed by atoms with E-state index < -0.39 is 25.1 Å². The minimum Gasteiger partial charge on any atom is -0.314 e. The van der Waals surface area contributed by atoms with Crippen LogP contribution in [-0.4, -0.2) is 77.8 Å². The van der Waals surface area contributed by atoms with Crippen LogP contribution in [0, 0.1) is 0 Å². The van der Waals surface area contributed by atoms with Crippen molar-refractivity contribution in [3.63, 3.8) is 0 Å². The molecule has 0 aliphatic carbocycles. The van der Waals surface area contributed by atoms with E-state index in [0.29, 0.717) is 6.54 Å². The Hall–Kier alpha value is -0.220. The average Bonchev–Trinajstić information content (AvgIpc) is 2.77. The fourth-order valence-electron chi connectivity index (χ4n) is 2.58. The highest BCUT2D eigenvalue weighted by molar-refractivity contribution is 7.95. The molecule has 118 valence electrons. The fraction of sp³-hybridized carbons (Fsp3) is 1.00. The molecule has 0 aromatic rings. The van der Waals surface area contributed by atoms with Crippen LogP contribution in [0.4, 0.5) is 0 Å². The number of hydrogen-bond donors (Lipinski definition) is 2. The van der Waals surface area contributed by atoms with E-state index in [2.05, 4.69) is 14.9 Å². The zero-order chi connectivity index (χ0) is 14.6. The van der Waals surface area contributed by atoms with Gasteiger partial charge in [0, 0.05) is 32.7 Å². The summed E-state index contributed by atoms with van der Waals surface area (Å²) in [5.74, 6) is -0.251. The maximum Gasteiger partial charge on any atom is 0.215 e. The van der Waals surface area contributed by atoms with Crippen LogP contribution in [0.3, 0.4) is 0 Å². The Kier molecular flexibility index (Phi) is 5.41. The van der Waals surface area contributed by atoms with Gasteiger partial charge < -0.3 is 10.2 Å². The summed E-state index contributed by atoms with van der Waals surface area (Å²) in [4.78, 5) is 2.30. The predicted octanol–water partition coefficient (Wildman–Crippen LogP) is -1.61. The Morgan fingerprint density at radius 3 is 2.55 bits per heavy atom. The molecule has 0 saturated carbocycles. The van der Waals surface area contributed by atoms with Crippen LogP contribution in [0.1, 0.15) is 12.8 Å².